The van der Waals surface area contributed by atoms with Crippen molar-refractivity contribution < 1.29 is 0 Å². The van der Waals surface area contributed by atoms with Crippen LogP contribution in [0.15, 0.2) is 11.2 Å². The van der Waals surface area contributed by atoms with Gasteiger partial charge < -0.3 is 11.1 Å². The second-order valence-electron chi connectivity index (χ2n) is 5.07. The highest BCUT2D eigenvalue weighted by Gasteiger charge is 2.14. The van der Waals surface area contributed by atoms with E-state index in [1.807, 2.05) is 0 Å². The number of fused-ring (bicyclic) bond motifs is 1. The number of nitrogens with one attached hydrogen (secondary N) is 2. The average molecular weight is 422 g/mol. The largest absolute Gasteiger partial charge is 0.369 e. The van der Waals surface area contributed by atoms with Crippen molar-refractivity contribution in [2.24, 2.45) is 5.73 Å². The number of aryl methyl sites for hydroxylation is 2. The van der Waals surface area contributed by atoms with E-state index in [2.05, 4.69) is 44.5 Å². The van der Waals surface area contributed by atoms with Gasteiger partial charge in [-0.25, -0.2) is 9.97 Å². The van der Waals surface area contributed by atoms with E-state index in [1.54, 1.807) is 29.3 Å². The number of halogens is 2. The van der Waals surface area contributed by atoms with E-state index in [0.717, 1.165) is 39.2 Å². The summed E-state index contributed by atoms with van der Waals surface area (Å²) in [5.41, 5.74) is 6.90. The summed E-state index contributed by atoms with van der Waals surface area (Å²) in [4.78, 5) is 11.6. The lowest BCUT2D eigenvalue weighted by Gasteiger charge is -2.09. The molecular formula is C14H21Cl2N7S2. The molecule has 3 heterocycles. The summed E-state index contributed by atoms with van der Waals surface area (Å²) in [6.07, 6.45) is 2.41. The molecule has 0 saturated heterocycles. The fraction of sp³-hybridized carbons (Fsp3) is 0.429. The van der Waals surface area contributed by atoms with E-state index in [9.17, 15) is 0 Å². The van der Waals surface area contributed by atoms with Crippen molar-refractivity contribution in [3.05, 3.63) is 22.5 Å². The summed E-state index contributed by atoms with van der Waals surface area (Å²) in [5.74, 6) is 2.58. The molecule has 25 heavy (non-hydrogen) atoms. The van der Waals surface area contributed by atoms with Gasteiger partial charge in [0, 0.05) is 23.6 Å². The number of rotatable bonds is 7. The van der Waals surface area contributed by atoms with Crippen molar-refractivity contribution in [1.82, 2.24) is 25.4 Å². The summed E-state index contributed by atoms with van der Waals surface area (Å²) in [6.45, 7) is 5.58. The first-order valence-electron chi connectivity index (χ1n) is 7.38. The summed E-state index contributed by atoms with van der Waals surface area (Å²) in [6, 6.07) is 0. The SMILES string of the molecule is Cc1sc2nc(CCN)nc(NCCSc3cn[nH]n3)c2c1C.Cl.Cl. The first-order valence-corrected chi connectivity index (χ1v) is 9.18. The normalized spacial score (nSPS) is 10.4. The monoisotopic (exact) mass is 421 g/mol. The van der Waals surface area contributed by atoms with Crippen LogP contribution in [-0.4, -0.2) is 44.2 Å². The van der Waals surface area contributed by atoms with Crippen molar-refractivity contribution in [2.75, 3.05) is 24.2 Å². The molecule has 138 valence electrons. The van der Waals surface area contributed by atoms with Crippen LogP contribution in [0, 0.1) is 13.8 Å². The minimum atomic E-state index is 0. The van der Waals surface area contributed by atoms with E-state index in [0.29, 0.717) is 13.0 Å². The molecule has 0 aliphatic rings. The van der Waals surface area contributed by atoms with Crippen LogP contribution in [0.25, 0.3) is 10.2 Å². The number of hydrogen-bond acceptors (Lipinski definition) is 8. The third kappa shape index (κ3) is 5.18. The number of hydrogen-bond donors (Lipinski definition) is 3. The van der Waals surface area contributed by atoms with Crippen LogP contribution in [0.5, 0.6) is 0 Å². The van der Waals surface area contributed by atoms with E-state index < -0.39 is 0 Å². The fourth-order valence-corrected chi connectivity index (χ4v) is 3.94. The second kappa shape index (κ2) is 10.1. The van der Waals surface area contributed by atoms with Crippen LogP contribution in [0.3, 0.4) is 0 Å². The van der Waals surface area contributed by atoms with Crippen LogP contribution in [0.2, 0.25) is 0 Å². The predicted octanol–water partition coefficient (Wildman–Crippen LogP) is 2.98. The third-order valence-corrected chi connectivity index (χ3v) is 5.48. The van der Waals surface area contributed by atoms with Crippen molar-refractivity contribution >= 4 is 63.9 Å². The molecule has 0 spiro atoms. The Morgan fingerprint density at radius 1 is 1.28 bits per heavy atom. The van der Waals surface area contributed by atoms with Gasteiger partial charge in [-0.15, -0.1) is 53.0 Å². The van der Waals surface area contributed by atoms with Gasteiger partial charge in [0.1, 0.15) is 21.5 Å². The topological polar surface area (TPSA) is 105 Å². The van der Waals surface area contributed by atoms with E-state index >= 15 is 0 Å². The smallest absolute Gasteiger partial charge is 0.138 e. The zero-order valence-electron chi connectivity index (χ0n) is 13.9. The first-order chi connectivity index (χ1) is 11.2. The number of anilines is 1. The third-order valence-electron chi connectivity index (χ3n) is 3.48. The summed E-state index contributed by atoms with van der Waals surface area (Å²) in [7, 11) is 0. The highest BCUT2D eigenvalue weighted by atomic mass is 35.5. The molecule has 3 aromatic heterocycles. The van der Waals surface area contributed by atoms with Crippen molar-refractivity contribution in [3.63, 3.8) is 0 Å². The average Bonchev–Trinajstić information content (AvgIpc) is 3.13. The summed E-state index contributed by atoms with van der Waals surface area (Å²) >= 11 is 3.36. The zero-order chi connectivity index (χ0) is 16.2. The summed E-state index contributed by atoms with van der Waals surface area (Å²) < 4.78 is 0. The molecule has 0 saturated carbocycles. The number of aromatic nitrogens is 5. The molecule has 0 atom stereocenters. The van der Waals surface area contributed by atoms with Gasteiger partial charge >= 0.3 is 0 Å². The van der Waals surface area contributed by atoms with E-state index in [4.69, 9.17) is 5.73 Å². The lowest BCUT2D eigenvalue weighted by molar-refractivity contribution is 0.880. The number of thiophene rings is 1. The van der Waals surface area contributed by atoms with Gasteiger partial charge in [-0.1, -0.05) is 0 Å². The Bertz CT molecular complexity index is 792. The molecule has 0 aliphatic carbocycles. The Kier molecular flexibility index (Phi) is 8.87. The Hall–Kier alpha value is -1.13. The molecule has 0 aliphatic heterocycles. The maximum Gasteiger partial charge on any atom is 0.138 e. The van der Waals surface area contributed by atoms with Crippen LogP contribution in [0.1, 0.15) is 16.3 Å². The van der Waals surface area contributed by atoms with Gasteiger partial charge in [0.2, 0.25) is 0 Å². The lowest BCUT2D eigenvalue weighted by Crippen LogP contribution is -2.11. The molecular weight excluding hydrogens is 401 g/mol. The zero-order valence-corrected chi connectivity index (χ0v) is 17.2. The quantitative estimate of drug-likeness (QED) is 0.397. The predicted molar refractivity (Wildman–Crippen MR) is 110 cm³/mol. The highest BCUT2D eigenvalue weighted by Crippen LogP contribution is 2.33. The van der Waals surface area contributed by atoms with Crippen molar-refractivity contribution in [3.8, 4) is 0 Å². The number of H-pyrrole nitrogens is 1. The molecule has 3 rings (SSSR count). The highest BCUT2D eigenvalue weighted by molar-refractivity contribution is 7.99. The minimum absolute atomic E-state index is 0. The number of nitrogens with zero attached hydrogens (tertiary/aromatic N) is 4. The van der Waals surface area contributed by atoms with Crippen molar-refractivity contribution in [1.29, 1.82) is 0 Å². The molecule has 0 bridgehead atoms. The van der Waals surface area contributed by atoms with Crippen LogP contribution >= 0.6 is 47.9 Å². The van der Waals surface area contributed by atoms with Gasteiger partial charge in [-0.05, 0) is 26.0 Å². The lowest BCUT2D eigenvalue weighted by atomic mass is 10.2. The molecule has 11 heteroatoms. The molecule has 0 fully saturated rings. The van der Waals surface area contributed by atoms with Gasteiger partial charge in [-0.3, -0.25) is 0 Å². The number of aromatic amines is 1. The standard InChI is InChI=1S/C14H19N7S2.2ClH/c1-8-9(2)23-14-12(8)13(18-10(19-14)3-4-15)16-5-6-22-11-7-17-21-20-11;;/h7H,3-6,15H2,1-2H3,(H,16,18,19)(H,17,20,21);2*1H. The maximum atomic E-state index is 5.65. The molecule has 0 amide bonds. The number of thioether (sulfide) groups is 1. The second-order valence-corrected chi connectivity index (χ2v) is 7.39. The molecule has 0 unspecified atom stereocenters. The van der Waals surface area contributed by atoms with Crippen LogP contribution in [0.4, 0.5) is 5.82 Å². The van der Waals surface area contributed by atoms with Crippen LogP contribution in [-0.2, 0) is 6.42 Å². The minimum Gasteiger partial charge on any atom is -0.369 e. The Morgan fingerprint density at radius 2 is 2.08 bits per heavy atom. The molecule has 7 nitrogen and oxygen atoms in total. The molecule has 3 aromatic rings. The van der Waals surface area contributed by atoms with E-state index in [1.165, 1.54) is 10.4 Å². The maximum absolute atomic E-state index is 5.65. The van der Waals surface area contributed by atoms with Gasteiger partial charge in [0.25, 0.3) is 0 Å². The fourth-order valence-electron chi connectivity index (χ4n) is 2.25. The molecule has 0 radical (unpaired) electrons. The molecule has 4 N–H and O–H groups in total. The first kappa shape index (κ1) is 21.9. The van der Waals surface area contributed by atoms with Gasteiger partial charge in [0.15, 0.2) is 0 Å². The van der Waals surface area contributed by atoms with Gasteiger partial charge in [0.05, 0.1) is 11.6 Å². The molecule has 0 aromatic carbocycles. The Labute approximate surface area is 166 Å². The number of nitrogens with two attached hydrogens (primary N) is 1. The summed E-state index contributed by atoms with van der Waals surface area (Å²) in [5, 5.41) is 15.9. The Balaban J connectivity index is 0.00000156. The van der Waals surface area contributed by atoms with E-state index in [-0.39, 0.29) is 24.8 Å². The van der Waals surface area contributed by atoms with Crippen LogP contribution < -0.4 is 11.1 Å². The Morgan fingerprint density at radius 3 is 2.76 bits per heavy atom. The van der Waals surface area contributed by atoms with Crippen molar-refractivity contribution in [2.45, 2.75) is 25.3 Å². The van der Waals surface area contributed by atoms with Gasteiger partial charge in [-0.2, -0.15) is 10.3 Å².